The van der Waals surface area contributed by atoms with Crippen LogP contribution in [0.1, 0.15) is 34.7 Å². The molecule has 0 aliphatic rings. The van der Waals surface area contributed by atoms with E-state index in [1.165, 1.54) is 19.8 Å². The van der Waals surface area contributed by atoms with E-state index in [-0.39, 0.29) is 6.04 Å². The van der Waals surface area contributed by atoms with Crippen LogP contribution >= 0.6 is 43.2 Å². The molecule has 1 aromatic heterocycles. The molecule has 1 N–H and O–H groups in total. The number of aryl methyl sites for hydroxylation is 1. The predicted octanol–water partition coefficient (Wildman–Crippen LogP) is 5.67. The van der Waals surface area contributed by atoms with Crippen LogP contribution in [0.15, 0.2) is 39.3 Å². The first kappa shape index (κ1) is 15.2. The molecule has 0 amide bonds. The molecule has 0 saturated heterocycles. The summed E-state index contributed by atoms with van der Waals surface area (Å²) in [7, 11) is 0. The third-order valence-electron chi connectivity index (χ3n) is 2.94. The van der Waals surface area contributed by atoms with Gasteiger partial charge in [-0.05, 0) is 59.6 Å². The summed E-state index contributed by atoms with van der Waals surface area (Å²) in [5.74, 6) is 0. The number of benzene rings is 1. The Kier molecular flexibility index (Phi) is 5.63. The average molecular weight is 403 g/mol. The van der Waals surface area contributed by atoms with Gasteiger partial charge in [0.1, 0.15) is 0 Å². The second kappa shape index (κ2) is 7.02. The molecule has 1 nitrogen and oxygen atoms in total. The Morgan fingerprint density at radius 3 is 2.63 bits per heavy atom. The van der Waals surface area contributed by atoms with Gasteiger partial charge in [0.25, 0.3) is 0 Å². The molecular weight excluding hydrogens is 386 g/mol. The maximum atomic E-state index is 3.64. The molecule has 2 aromatic rings. The molecule has 0 aliphatic carbocycles. The van der Waals surface area contributed by atoms with E-state index in [2.05, 4.69) is 81.4 Å². The second-order valence-electron chi connectivity index (χ2n) is 4.50. The van der Waals surface area contributed by atoms with E-state index in [1.807, 2.05) is 11.3 Å². The molecule has 0 bridgehead atoms. The van der Waals surface area contributed by atoms with Crippen molar-refractivity contribution in [2.75, 3.05) is 6.54 Å². The molecule has 1 atom stereocenters. The first-order valence-electron chi connectivity index (χ1n) is 6.36. The SMILES string of the molecule is CCCNC(c1cccc(Br)c1)c1cc(Br)c(C)s1. The Balaban J connectivity index is 2.35. The molecule has 0 aliphatic heterocycles. The lowest BCUT2D eigenvalue weighted by Gasteiger charge is -2.18. The first-order chi connectivity index (χ1) is 9.11. The maximum Gasteiger partial charge on any atom is 0.0671 e. The molecule has 1 heterocycles. The summed E-state index contributed by atoms with van der Waals surface area (Å²) in [6.07, 6.45) is 1.13. The highest BCUT2D eigenvalue weighted by atomic mass is 79.9. The van der Waals surface area contributed by atoms with E-state index >= 15 is 0 Å². The minimum atomic E-state index is 0.271. The van der Waals surface area contributed by atoms with Crippen molar-refractivity contribution in [1.82, 2.24) is 5.32 Å². The van der Waals surface area contributed by atoms with Crippen molar-refractivity contribution >= 4 is 43.2 Å². The van der Waals surface area contributed by atoms with Crippen LogP contribution in [0.4, 0.5) is 0 Å². The predicted molar refractivity (Wildman–Crippen MR) is 91.0 cm³/mol. The second-order valence-corrected chi connectivity index (χ2v) is 7.55. The molecule has 19 heavy (non-hydrogen) atoms. The molecule has 0 spiro atoms. The third kappa shape index (κ3) is 3.91. The fourth-order valence-electron chi connectivity index (χ4n) is 1.98. The van der Waals surface area contributed by atoms with Crippen LogP contribution in [0.25, 0.3) is 0 Å². The normalized spacial score (nSPS) is 12.6. The standard InChI is InChI=1S/C15H17Br2NS/c1-3-7-18-15(11-5-4-6-12(16)8-11)14-9-13(17)10(2)19-14/h4-6,8-9,15,18H,3,7H2,1-2H3. The molecule has 2 rings (SSSR count). The topological polar surface area (TPSA) is 12.0 Å². The molecule has 0 saturated carbocycles. The summed E-state index contributed by atoms with van der Waals surface area (Å²) in [5.41, 5.74) is 1.30. The molecular formula is C15H17Br2NS. The van der Waals surface area contributed by atoms with Gasteiger partial charge in [-0.15, -0.1) is 11.3 Å². The van der Waals surface area contributed by atoms with E-state index < -0.39 is 0 Å². The van der Waals surface area contributed by atoms with Crippen molar-refractivity contribution in [2.45, 2.75) is 26.3 Å². The Morgan fingerprint density at radius 1 is 1.26 bits per heavy atom. The van der Waals surface area contributed by atoms with Gasteiger partial charge in [-0.25, -0.2) is 0 Å². The van der Waals surface area contributed by atoms with Gasteiger partial charge in [0, 0.05) is 18.7 Å². The van der Waals surface area contributed by atoms with Crippen molar-refractivity contribution in [1.29, 1.82) is 0 Å². The highest BCUT2D eigenvalue weighted by molar-refractivity contribution is 9.10. The number of nitrogens with one attached hydrogen (secondary N) is 1. The monoisotopic (exact) mass is 401 g/mol. The van der Waals surface area contributed by atoms with Crippen LogP contribution in [0.5, 0.6) is 0 Å². The number of hydrogen-bond acceptors (Lipinski definition) is 2. The zero-order valence-corrected chi connectivity index (χ0v) is 15.0. The fourth-order valence-corrected chi connectivity index (χ4v) is 4.06. The minimum absolute atomic E-state index is 0.271. The zero-order valence-electron chi connectivity index (χ0n) is 11.0. The smallest absolute Gasteiger partial charge is 0.0671 e. The highest BCUT2D eigenvalue weighted by Crippen LogP contribution is 2.34. The number of hydrogen-bond donors (Lipinski definition) is 1. The van der Waals surface area contributed by atoms with Gasteiger partial charge in [0.2, 0.25) is 0 Å². The van der Waals surface area contributed by atoms with Gasteiger partial charge >= 0.3 is 0 Å². The van der Waals surface area contributed by atoms with Gasteiger partial charge in [-0.3, -0.25) is 0 Å². The van der Waals surface area contributed by atoms with Crippen LogP contribution in [-0.2, 0) is 0 Å². The van der Waals surface area contributed by atoms with E-state index in [4.69, 9.17) is 0 Å². The Hall–Kier alpha value is -0.160. The van der Waals surface area contributed by atoms with Crippen molar-refractivity contribution < 1.29 is 0 Å². The van der Waals surface area contributed by atoms with Crippen molar-refractivity contribution in [3.05, 3.63) is 54.6 Å². The average Bonchev–Trinajstić information content (AvgIpc) is 2.70. The Morgan fingerprint density at radius 2 is 2.05 bits per heavy atom. The Bertz CT molecular complexity index is 531. The van der Waals surface area contributed by atoms with Crippen LogP contribution in [-0.4, -0.2) is 6.54 Å². The first-order valence-corrected chi connectivity index (χ1v) is 8.76. The quantitative estimate of drug-likeness (QED) is 0.679. The van der Waals surface area contributed by atoms with Gasteiger partial charge in [-0.1, -0.05) is 35.0 Å². The van der Waals surface area contributed by atoms with Gasteiger partial charge in [0.05, 0.1) is 6.04 Å². The van der Waals surface area contributed by atoms with E-state index in [1.54, 1.807) is 0 Å². The maximum absolute atomic E-state index is 3.64. The lowest BCUT2D eigenvalue weighted by atomic mass is 10.1. The van der Waals surface area contributed by atoms with Crippen LogP contribution in [0.3, 0.4) is 0 Å². The zero-order chi connectivity index (χ0) is 13.8. The van der Waals surface area contributed by atoms with Gasteiger partial charge < -0.3 is 5.32 Å². The summed E-state index contributed by atoms with van der Waals surface area (Å²) < 4.78 is 2.33. The van der Waals surface area contributed by atoms with Crippen LogP contribution in [0, 0.1) is 6.92 Å². The molecule has 4 heteroatoms. The third-order valence-corrected chi connectivity index (χ3v) is 5.64. The lowest BCUT2D eigenvalue weighted by molar-refractivity contribution is 0.605. The minimum Gasteiger partial charge on any atom is -0.306 e. The summed E-state index contributed by atoms with van der Waals surface area (Å²) >= 11 is 9.02. The number of thiophene rings is 1. The van der Waals surface area contributed by atoms with Gasteiger partial charge in [-0.2, -0.15) is 0 Å². The van der Waals surface area contributed by atoms with E-state index in [0.29, 0.717) is 0 Å². The molecule has 1 aromatic carbocycles. The Labute approximate surface area is 135 Å². The van der Waals surface area contributed by atoms with E-state index in [9.17, 15) is 0 Å². The van der Waals surface area contributed by atoms with Crippen LogP contribution < -0.4 is 5.32 Å². The molecule has 0 fully saturated rings. The summed E-state index contributed by atoms with van der Waals surface area (Å²) in [4.78, 5) is 2.68. The summed E-state index contributed by atoms with van der Waals surface area (Å²) in [6.45, 7) is 5.36. The fraction of sp³-hybridized carbons (Fsp3) is 0.333. The molecule has 102 valence electrons. The van der Waals surface area contributed by atoms with Crippen molar-refractivity contribution in [3.63, 3.8) is 0 Å². The summed E-state index contributed by atoms with van der Waals surface area (Å²) in [6, 6.07) is 11.0. The largest absolute Gasteiger partial charge is 0.306 e. The van der Waals surface area contributed by atoms with E-state index in [0.717, 1.165) is 17.4 Å². The van der Waals surface area contributed by atoms with Crippen LogP contribution in [0.2, 0.25) is 0 Å². The van der Waals surface area contributed by atoms with Gasteiger partial charge in [0.15, 0.2) is 0 Å². The summed E-state index contributed by atoms with van der Waals surface area (Å²) in [5, 5.41) is 3.64. The van der Waals surface area contributed by atoms with Crippen molar-refractivity contribution in [2.24, 2.45) is 0 Å². The van der Waals surface area contributed by atoms with Crippen molar-refractivity contribution in [3.8, 4) is 0 Å². The number of rotatable bonds is 5. The highest BCUT2D eigenvalue weighted by Gasteiger charge is 2.17. The lowest BCUT2D eigenvalue weighted by Crippen LogP contribution is -2.22. The number of halogens is 2. The molecule has 1 unspecified atom stereocenters. The molecule has 0 radical (unpaired) electrons.